The summed E-state index contributed by atoms with van der Waals surface area (Å²) < 4.78 is 36.4. The summed E-state index contributed by atoms with van der Waals surface area (Å²) in [6.07, 6.45) is 3.74. The highest BCUT2D eigenvalue weighted by Crippen LogP contribution is 2.32. The molecule has 0 radical (unpaired) electrons. The maximum atomic E-state index is 15.3. The van der Waals surface area contributed by atoms with Gasteiger partial charge in [-0.2, -0.15) is 4.98 Å². The van der Waals surface area contributed by atoms with Crippen LogP contribution in [0.5, 0.6) is 0 Å². The van der Waals surface area contributed by atoms with Crippen LogP contribution in [0, 0.1) is 11.6 Å². The Kier molecular flexibility index (Phi) is 5.70. The molecule has 4 heterocycles. The second-order valence-corrected chi connectivity index (χ2v) is 8.91. The molecule has 168 valence electrons. The monoisotopic (exact) mass is 459 g/mol. The zero-order chi connectivity index (χ0) is 22.2. The number of anilines is 2. The Hall–Kier alpha value is -2.76. The van der Waals surface area contributed by atoms with E-state index in [1.807, 2.05) is 0 Å². The predicted octanol–water partition coefficient (Wildman–Crippen LogP) is 2.73. The first-order valence-electron chi connectivity index (χ1n) is 10.5. The third-order valence-corrected chi connectivity index (χ3v) is 6.71. The first kappa shape index (κ1) is 21.1. The highest BCUT2D eigenvalue weighted by molar-refractivity contribution is 7.98. The molecule has 0 bridgehead atoms. The van der Waals surface area contributed by atoms with Crippen molar-refractivity contribution in [3.8, 4) is 11.1 Å². The molecule has 3 aromatic rings. The normalized spacial score (nSPS) is 17.0. The number of nitrogens with one attached hydrogen (secondary N) is 3. The Bertz CT molecular complexity index is 1220. The minimum Gasteiger partial charge on any atom is -0.349 e. The summed E-state index contributed by atoms with van der Waals surface area (Å²) in [7, 11) is 1.54. The summed E-state index contributed by atoms with van der Waals surface area (Å²) in [5, 5.41) is 6.86. The van der Waals surface area contributed by atoms with Gasteiger partial charge in [-0.1, -0.05) is 0 Å². The highest BCUT2D eigenvalue weighted by atomic mass is 32.2. The molecule has 0 saturated carbocycles. The van der Waals surface area contributed by atoms with Crippen LogP contribution in [-0.2, 0) is 7.05 Å². The maximum Gasteiger partial charge on any atom is 0.260 e. The number of benzene rings is 1. The van der Waals surface area contributed by atoms with Gasteiger partial charge in [0.05, 0.1) is 22.9 Å². The van der Waals surface area contributed by atoms with Gasteiger partial charge in [0.2, 0.25) is 5.95 Å². The fourth-order valence-electron chi connectivity index (χ4n) is 3.84. The van der Waals surface area contributed by atoms with Gasteiger partial charge in [-0.3, -0.25) is 9.36 Å². The number of fused-ring (bicyclic) bond motifs is 1. The summed E-state index contributed by atoms with van der Waals surface area (Å²) in [4.78, 5) is 21.8. The van der Waals surface area contributed by atoms with E-state index in [-0.39, 0.29) is 22.9 Å². The predicted molar refractivity (Wildman–Crippen MR) is 122 cm³/mol. The topological polar surface area (TPSA) is 87.1 Å². The SMILES string of the molecule is Cn1c(=O)c(-c2c(F)ccc(NSN3CCCC3)c2F)cc2cnc(NC3CNC3)nc21. The molecule has 0 unspecified atom stereocenters. The molecule has 2 aliphatic rings. The molecular formula is C21H23F2N7OS. The van der Waals surface area contributed by atoms with Gasteiger partial charge in [-0.25, -0.2) is 18.1 Å². The Morgan fingerprint density at radius 2 is 2.00 bits per heavy atom. The second-order valence-electron chi connectivity index (χ2n) is 8.01. The first-order chi connectivity index (χ1) is 15.5. The maximum absolute atomic E-state index is 15.3. The third kappa shape index (κ3) is 3.91. The molecule has 1 aromatic carbocycles. The molecule has 2 fully saturated rings. The number of aryl methyl sites for hydroxylation is 1. The Morgan fingerprint density at radius 3 is 2.72 bits per heavy atom. The van der Waals surface area contributed by atoms with Crippen LogP contribution in [0.4, 0.5) is 20.4 Å². The van der Waals surface area contributed by atoms with Crippen LogP contribution in [0.3, 0.4) is 0 Å². The van der Waals surface area contributed by atoms with E-state index in [0.717, 1.165) is 39.0 Å². The molecule has 2 saturated heterocycles. The van der Waals surface area contributed by atoms with E-state index in [1.165, 1.54) is 41.9 Å². The fourth-order valence-corrected chi connectivity index (χ4v) is 4.67. The van der Waals surface area contributed by atoms with Crippen molar-refractivity contribution in [2.45, 2.75) is 18.9 Å². The van der Waals surface area contributed by atoms with Crippen molar-refractivity contribution in [3.63, 3.8) is 0 Å². The lowest BCUT2D eigenvalue weighted by molar-refractivity contribution is 0.470. The van der Waals surface area contributed by atoms with Gasteiger partial charge in [0.15, 0.2) is 5.82 Å². The van der Waals surface area contributed by atoms with E-state index in [0.29, 0.717) is 17.0 Å². The minimum absolute atomic E-state index is 0.0719. The van der Waals surface area contributed by atoms with Crippen molar-refractivity contribution in [1.82, 2.24) is 24.2 Å². The van der Waals surface area contributed by atoms with Crippen molar-refractivity contribution < 1.29 is 8.78 Å². The number of halogens is 2. The van der Waals surface area contributed by atoms with E-state index < -0.39 is 17.2 Å². The van der Waals surface area contributed by atoms with Crippen molar-refractivity contribution in [2.24, 2.45) is 7.05 Å². The van der Waals surface area contributed by atoms with E-state index >= 15 is 4.39 Å². The van der Waals surface area contributed by atoms with Gasteiger partial charge >= 0.3 is 0 Å². The summed E-state index contributed by atoms with van der Waals surface area (Å²) in [6, 6.07) is 4.20. The number of hydrogen-bond donors (Lipinski definition) is 3. The van der Waals surface area contributed by atoms with Gasteiger partial charge in [0.1, 0.15) is 11.5 Å². The largest absolute Gasteiger partial charge is 0.349 e. The zero-order valence-electron chi connectivity index (χ0n) is 17.5. The molecule has 0 spiro atoms. The summed E-state index contributed by atoms with van der Waals surface area (Å²) in [6.45, 7) is 3.45. The Balaban J connectivity index is 1.51. The highest BCUT2D eigenvalue weighted by Gasteiger charge is 2.22. The van der Waals surface area contributed by atoms with Gasteiger partial charge in [-0.05, 0) is 31.0 Å². The summed E-state index contributed by atoms with van der Waals surface area (Å²) in [5.74, 6) is -1.19. The zero-order valence-corrected chi connectivity index (χ0v) is 18.3. The molecule has 5 rings (SSSR count). The lowest BCUT2D eigenvalue weighted by Gasteiger charge is -2.27. The van der Waals surface area contributed by atoms with Crippen LogP contribution in [-0.4, -0.2) is 51.1 Å². The second kappa shape index (κ2) is 8.64. The minimum atomic E-state index is -0.801. The van der Waals surface area contributed by atoms with E-state index in [2.05, 4.69) is 29.6 Å². The smallest absolute Gasteiger partial charge is 0.260 e. The van der Waals surface area contributed by atoms with Crippen molar-refractivity contribution in [2.75, 3.05) is 36.2 Å². The Labute approximate surface area is 187 Å². The van der Waals surface area contributed by atoms with Crippen LogP contribution in [0.15, 0.2) is 29.2 Å². The van der Waals surface area contributed by atoms with Gasteiger partial charge < -0.3 is 15.4 Å². The van der Waals surface area contributed by atoms with Crippen molar-refractivity contribution in [1.29, 1.82) is 0 Å². The molecular weight excluding hydrogens is 436 g/mol. The third-order valence-electron chi connectivity index (χ3n) is 5.77. The molecule has 3 N–H and O–H groups in total. The van der Waals surface area contributed by atoms with E-state index in [9.17, 15) is 9.18 Å². The van der Waals surface area contributed by atoms with Crippen molar-refractivity contribution in [3.05, 3.63) is 46.4 Å². The molecule has 0 atom stereocenters. The molecule has 32 heavy (non-hydrogen) atoms. The number of pyridine rings is 1. The van der Waals surface area contributed by atoms with E-state index in [1.54, 1.807) is 6.20 Å². The standard InChI is InChI=1S/C21H23F2N7OS/c1-29-19-12(9-25-21(27-19)26-13-10-24-11-13)8-14(20(29)31)17-15(22)4-5-16(18(17)23)28-32-30-6-2-3-7-30/h4-5,8-9,13,24,28H,2-3,6-7,10-11H2,1H3,(H,25,26,27). The lowest BCUT2D eigenvalue weighted by atomic mass is 10.0. The number of nitrogens with zero attached hydrogens (tertiary/aromatic N) is 4. The summed E-state index contributed by atoms with van der Waals surface area (Å²) in [5.41, 5.74) is -0.442. The molecule has 0 amide bonds. The quantitative estimate of drug-likeness (QED) is 0.485. The number of hydrogen-bond acceptors (Lipinski definition) is 8. The first-order valence-corrected chi connectivity index (χ1v) is 11.3. The lowest BCUT2D eigenvalue weighted by Crippen LogP contribution is -2.51. The molecule has 2 aliphatic heterocycles. The molecule has 11 heteroatoms. The van der Waals surface area contributed by atoms with Crippen LogP contribution in [0.25, 0.3) is 22.2 Å². The number of aromatic nitrogens is 3. The Morgan fingerprint density at radius 1 is 1.22 bits per heavy atom. The summed E-state index contributed by atoms with van der Waals surface area (Å²) >= 11 is 1.29. The average molecular weight is 460 g/mol. The van der Waals surface area contributed by atoms with Crippen molar-refractivity contribution >= 4 is 34.8 Å². The molecule has 0 aliphatic carbocycles. The van der Waals surface area contributed by atoms with Crippen LogP contribution >= 0.6 is 12.1 Å². The molecule has 8 nitrogen and oxygen atoms in total. The van der Waals surface area contributed by atoms with Crippen LogP contribution < -0.4 is 20.9 Å². The average Bonchev–Trinajstić information content (AvgIpc) is 3.27. The van der Waals surface area contributed by atoms with Gasteiger partial charge in [-0.15, -0.1) is 0 Å². The van der Waals surface area contributed by atoms with E-state index in [4.69, 9.17) is 0 Å². The molecule has 2 aromatic heterocycles. The van der Waals surface area contributed by atoms with Gasteiger partial charge in [0.25, 0.3) is 5.56 Å². The van der Waals surface area contributed by atoms with Crippen LogP contribution in [0.1, 0.15) is 12.8 Å². The van der Waals surface area contributed by atoms with Gasteiger partial charge in [0, 0.05) is 56.9 Å². The van der Waals surface area contributed by atoms with Crippen LogP contribution in [0.2, 0.25) is 0 Å². The number of rotatable bonds is 6. The fraction of sp³-hybridized carbons (Fsp3) is 0.381.